The molecule has 0 saturated carbocycles. The second kappa shape index (κ2) is 5.09. The van der Waals surface area contributed by atoms with E-state index in [1.165, 1.54) is 11.3 Å². The topological polar surface area (TPSA) is 56.0 Å². The van der Waals surface area contributed by atoms with Crippen molar-refractivity contribution in [1.82, 2.24) is 4.57 Å². The molecule has 0 spiro atoms. The third-order valence-electron chi connectivity index (χ3n) is 2.41. The zero-order chi connectivity index (χ0) is 12.3. The van der Waals surface area contributed by atoms with Crippen LogP contribution in [0.25, 0.3) is 10.2 Å². The molecule has 1 aromatic carbocycles. The van der Waals surface area contributed by atoms with Crippen LogP contribution in [0.5, 0.6) is 5.75 Å². The molecular formula is C11H13N3O2S. The Hall–Kier alpha value is -1.69. The molecule has 17 heavy (non-hydrogen) atoms. The number of benzene rings is 1. The van der Waals surface area contributed by atoms with Gasteiger partial charge in [0.15, 0.2) is 0 Å². The van der Waals surface area contributed by atoms with Crippen LogP contribution in [0.1, 0.15) is 13.8 Å². The van der Waals surface area contributed by atoms with E-state index in [0.29, 0.717) is 11.4 Å². The maximum atomic E-state index is 10.2. The zero-order valence-corrected chi connectivity index (χ0v) is 10.5. The molecule has 6 heteroatoms. The third kappa shape index (κ3) is 2.21. The number of hydrogen-bond donors (Lipinski definition) is 0. The van der Waals surface area contributed by atoms with E-state index in [0.717, 1.165) is 22.5 Å². The summed E-state index contributed by atoms with van der Waals surface area (Å²) < 4.78 is 8.44. The van der Waals surface area contributed by atoms with Gasteiger partial charge in [-0.25, -0.2) is 0 Å². The number of thiazole rings is 1. The minimum absolute atomic E-state index is 0.617. The molecule has 5 nitrogen and oxygen atoms in total. The molecule has 0 unspecified atom stereocenters. The highest BCUT2D eigenvalue weighted by molar-refractivity contribution is 7.16. The molecule has 1 heterocycles. The summed E-state index contributed by atoms with van der Waals surface area (Å²) in [4.78, 5) is 10.9. The fourth-order valence-electron chi connectivity index (χ4n) is 1.73. The van der Waals surface area contributed by atoms with Gasteiger partial charge in [-0.3, -0.25) is 0 Å². The van der Waals surface area contributed by atoms with Gasteiger partial charge in [0.05, 0.1) is 22.1 Å². The average molecular weight is 251 g/mol. The van der Waals surface area contributed by atoms with E-state index in [1.807, 2.05) is 36.6 Å². The maximum absolute atomic E-state index is 10.2. The molecule has 0 amide bonds. The molecule has 90 valence electrons. The largest absolute Gasteiger partial charge is 0.494 e. The molecule has 0 aliphatic rings. The van der Waals surface area contributed by atoms with Crippen LogP contribution in [-0.4, -0.2) is 11.2 Å². The summed E-state index contributed by atoms with van der Waals surface area (Å²) in [6.45, 7) is 5.34. The SMILES string of the molecule is CCOc1ccc2c(c1)s/c(=N\N=O)n2CC. The normalized spacial score (nSPS) is 12.0. The minimum atomic E-state index is 0.617. The molecular weight excluding hydrogens is 238 g/mol. The smallest absolute Gasteiger partial charge is 0.215 e. The fourth-order valence-corrected chi connectivity index (χ4v) is 2.79. The number of nitrogens with zero attached hydrogens (tertiary/aromatic N) is 3. The molecule has 1 aromatic heterocycles. The van der Waals surface area contributed by atoms with Gasteiger partial charge >= 0.3 is 0 Å². The standard InChI is InChI=1S/C11H13N3O2S/c1-3-14-9-6-5-8(16-4-2)7-10(9)17-11(14)12-13-15/h5-7H,3-4H2,1-2H3/b12-11-. The first kappa shape index (κ1) is 11.8. The minimum Gasteiger partial charge on any atom is -0.494 e. The molecule has 0 radical (unpaired) electrons. The molecule has 0 fully saturated rings. The number of rotatable bonds is 4. The Bertz CT molecular complexity index is 600. The van der Waals surface area contributed by atoms with Crippen LogP contribution in [0.3, 0.4) is 0 Å². The summed E-state index contributed by atoms with van der Waals surface area (Å²) in [6, 6.07) is 5.85. The highest BCUT2D eigenvalue weighted by Crippen LogP contribution is 2.23. The van der Waals surface area contributed by atoms with E-state index in [2.05, 4.69) is 10.4 Å². The highest BCUT2D eigenvalue weighted by atomic mass is 32.1. The molecule has 0 N–H and O–H groups in total. The van der Waals surface area contributed by atoms with Crippen LogP contribution in [0.15, 0.2) is 28.6 Å². The molecule has 0 bridgehead atoms. The Morgan fingerprint density at radius 1 is 1.41 bits per heavy atom. The number of aryl methyl sites for hydroxylation is 1. The Morgan fingerprint density at radius 2 is 2.24 bits per heavy atom. The maximum Gasteiger partial charge on any atom is 0.215 e. The highest BCUT2D eigenvalue weighted by Gasteiger charge is 2.06. The lowest BCUT2D eigenvalue weighted by Gasteiger charge is -2.03. The van der Waals surface area contributed by atoms with Crippen LogP contribution in [-0.2, 0) is 6.54 Å². The summed E-state index contributed by atoms with van der Waals surface area (Å²) in [5, 5.41) is 6.20. The van der Waals surface area contributed by atoms with Gasteiger partial charge in [0.25, 0.3) is 0 Å². The number of fused-ring (bicyclic) bond motifs is 1. The quantitative estimate of drug-likeness (QED) is 0.619. The van der Waals surface area contributed by atoms with Crippen LogP contribution >= 0.6 is 11.3 Å². The molecule has 2 aromatic rings. The van der Waals surface area contributed by atoms with Crippen molar-refractivity contribution in [3.8, 4) is 5.75 Å². The van der Waals surface area contributed by atoms with Crippen molar-refractivity contribution in [2.24, 2.45) is 10.4 Å². The van der Waals surface area contributed by atoms with E-state index in [4.69, 9.17) is 4.74 Å². The van der Waals surface area contributed by atoms with Crippen molar-refractivity contribution in [2.75, 3.05) is 6.61 Å². The van der Waals surface area contributed by atoms with E-state index in [-0.39, 0.29) is 0 Å². The third-order valence-corrected chi connectivity index (χ3v) is 3.44. The lowest BCUT2D eigenvalue weighted by molar-refractivity contribution is 0.341. The van der Waals surface area contributed by atoms with Gasteiger partial charge in [-0.05, 0) is 32.0 Å². The van der Waals surface area contributed by atoms with Crippen LogP contribution < -0.4 is 9.54 Å². The monoisotopic (exact) mass is 251 g/mol. The second-order valence-corrected chi connectivity index (χ2v) is 4.38. The Labute approximate surface area is 102 Å². The van der Waals surface area contributed by atoms with Crippen molar-refractivity contribution in [2.45, 2.75) is 20.4 Å². The molecule has 2 rings (SSSR count). The van der Waals surface area contributed by atoms with Gasteiger partial charge in [-0.1, -0.05) is 16.4 Å². The summed E-state index contributed by atoms with van der Waals surface area (Å²) in [5.74, 6) is 0.829. The number of hydrogen-bond acceptors (Lipinski definition) is 4. The fraction of sp³-hybridized carbons (Fsp3) is 0.364. The molecule has 0 atom stereocenters. The lowest BCUT2D eigenvalue weighted by atomic mass is 10.3. The van der Waals surface area contributed by atoms with Gasteiger partial charge in [0.2, 0.25) is 4.80 Å². The second-order valence-electron chi connectivity index (χ2n) is 3.37. The predicted molar refractivity (Wildman–Crippen MR) is 68.0 cm³/mol. The molecule has 0 aliphatic heterocycles. The summed E-state index contributed by atoms with van der Waals surface area (Å²) in [7, 11) is 0. The van der Waals surface area contributed by atoms with E-state index in [9.17, 15) is 4.91 Å². The summed E-state index contributed by atoms with van der Waals surface area (Å²) in [6.07, 6.45) is 0. The number of nitroso groups, excluding NO2 is 1. The van der Waals surface area contributed by atoms with E-state index < -0.39 is 0 Å². The average Bonchev–Trinajstić information content (AvgIpc) is 2.66. The summed E-state index contributed by atoms with van der Waals surface area (Å²) >= 11 is 1.44. The van der Waals surface area contributed by atoms with Crippen molar-refractivity contribution < 1.29 is 4.74 Å². The lowest BCUT2D eigenvalue weighted by Crippen LogP contribution is -2.12. The van der Waals surface area contributed by atoms with Crippen molar-refractivity contribution in [3.63, 3.8) is 0 Å². The van der Waals surface area contributed by atoms with Crippen molar-refractivity contribution in [1.29, 1.82) is 0 Å². The van der Waals surface area contributed by atoms with Crippen LogP contribution in [0, 0.1) is 4.91 Å². The number of aromatic nitrogens is 1. The first-order valence-electron chi connectivity index (χ1n) is 5.42. The zero-order valence-electron chi connectivity index (χ0n) is 9.71. The first-order chi connectivity index (χ1) is 8.30. The van der Waals surface area contributed by atoms with E-state index >= 15 is 0 Å². The van der Waals surface area contributed by atoms with E-state index in [1.54, 1.807) is 0 Å². The van der Waals surface area contributed by atoms with Gasteiger partial charge in [0, 0.05) is 6.54 Å². The number of ether oxygens (including phenoxy) is 1. The van der Waals surface area contributed by atoms with Crippen LogP contribution in [0.4, 0.5) is 0 Å². The van der Waals surface area contributed by atoms with Gasteiger partial charge in [-0.2, -0.15) is 0 Å². The van der Waals surface area contributed by atoms with Gasteiger partial charge in [-0.15, -0.1) is 4.91 Å². The van der Waals surface area contributed by atoms with Crippen molar-refractivity contribution in [3.05, 3.63) is 27.9 Å². The Balaban J connectivity index is 2.64. The summed E-state index contributed by atoms with van der Waals surface area (Å²) in [5.41, 5.74) is 1.04. The van der Waals surface area contributed by atoms with Crippen LogP contribution in [0.2, 0.25) is 0 Å². The Kier molecular flexibility index (Phi) is 3.53. The molecule has 0 saturated heterocycles. The van der Waals surface area contributed by atoms with Gasteiger partial charge in [0.1, 0.15) is 5.75 Å². The van der Waals surface area contributed by atoms with Crippen molar-refractivity contribution >= 4 is 21.6 Å². The Morgan fingerprint density at radius 3 is 2.88 bits per heavy atom. The first-order valence-corrected chi connectivity index (χ1v) is 6.24. The van der Waals surface area contributed by atoms with Gasteiger partial charge < -0.3 is 9.30 Å². The molecule has 0 aliphatic carbocycles. The predicted octanol–water partition coefficient (Wildman–Crippen LogP) is 2.70.